The number of fused-ring (bicyclic) bond motifs is 1. The Bertz CT molecular complexity index is 767. The maximum absolute atomic E-state index is 4.96. The summed E-state index contributed by atoms with van der Waals surface area (Å²) in [6.07, 6.45) is 2.58. The predicted molar refractivity (Wildman–Crippen MR) is 83.9 cm³/mol. The zero-order valence-electron chi connectivity index (χ0n) is 11.6. The number of nitrogens with zero attached hydrogens (tertiary/aromatic N) is 1. The van der Waals surface area contributed by atoms with Crippen molar-refractivity contribution in [2.75, 3.05) is 0 Å². The molecule has 3 aromatic rings. The number of aryl methyl sites for hydroxylation is 1. The molecular weight excluding hydrogens is 242 g/mol. The topological polar surface area (TPSA) is 12.9 Å². The number of hydrogen-bond acceptors (Lipinski definition) is 1. The molecule has 1 saturated carbocycles. The van der Waals surface area contributed by atoms with Crippen LogP contribution in [-0.4, -0.2) is 4.98 Å². The summed E-state index contributed by atoms with van der Waals surface area (Å²) in [4.78, 5) is 4.96. The van der Waals surface area contributed by atoms with Gasteiger partial charge in [0.1, 0.15) is 0 Å². The Morgan fingerprint density at radius 2 is 1.70 bits per heavy atom. The largest absolute Gasteiger partial charge is 0.252 e. The Kier molecular flexibility index (Phi) is 2.59. The van der Waals surface area contributed by atoms with Crippen LogP contribution >= 0.6 is 0 Å². The molecule has 2 aromatic carbocycles. The summed E-state index contributed by atoms with van der Waals surface area (Å²) < 4.78 is 0. The highest BCUT2D eigenvalue weighted by atomic mass is 14.7. The highest BCUT2D eigenvalue weighted by molar-refractivity contribution is 5.95. The van der Waals surface area contributed by atoms with Crippen molar-refractivity contribution in [1.82, 2.24) is 4.98 Å². The number of pyridine rings is 1. The fourth-order valence-corrected chi connectivity index (χ4v) is 2.74. The molecule has 1 heterocycles. The number of benzene rings is 2. The van der Waals surface area contributed by atoms with Gasteiger partial charge in [-0.05, 0) is 31.2 Å². The first kappa shape index (κ1) is 11.7. The van der Waals surface area contributed by atoms with E-state index in [-0.39, 0.29) is 0 Å². The number of hydrogen-bond donors (Lipinski definition) is 0. The van der Waals surface area contributed by atoms with Crippen molar-refractivity contribution in [2.45, 2.75) is 25.7 Å². The maximum Gasteiger partial charge on any atom is 0.0783 e. The van der Waals surface area contributed by atoms with E-state index in [0.717, 1.165) is 5.69 Å². The van der Waals surface area contributed by atoms with E-state index in [1.54, 1.807) is 0 Å². The van der Waals surface area contributed by atoms with Crippen LogP contribution in [0.25, 0.3) is 22.0 Å². The van der Waals surface area contributed by atoms with Crippen molar-refractivity contribution >= 4 is 10.8 Å². The first-order chi connectivity index (χ1) is 9.81. The van der Waals surface area contributed by atoms with Crippen molar-refractivity contribution < 1.29 is 0 Å². The van der Waals surface area contributed by atoms with Gasteiger partial charge in [0.15, 0.2) is 0 Å². The van der Waals surface area contributed by atoms with Gasteiger partial charge in [-0.2, -0.15) is 0 Å². The average molecular weight is 259 g/mol. The molecule has 0 atom stereocenters. The third-order valence-corrected chi connectivity index (χ3v) is 4.08. The SMILES string of the molecule is Cc1ccc(-c2nc(C3CC3)cc3ccccc23)cc1. The third kappa shape index (κ3) is 2.00. The summed E-state index contributed by atoms with van der Waals surface area (Å²) in [6.45, 7) is 2.12. The molecule has 1 aromatic heterocycles. The molecule has 98 valence electrons. The van der Waals surface area contributed by atoms with Crippen LogP contribution < -0.4 is 0 Å². The van der Waals surface area contributed by atoms with Gasteiger partial charge in [-0.25, -0.2) is 0 Å². The fraction of sp³-hybridized carbons (Fsp3) is 0.211. The average Bonchev–Trinajstić information content (AvgIpc) is 3.32. The van der Waals surface area contributed by atoms with Gasteiger partial charge in [0.25, 0.3) is 0 Å². The molecule has 0 bridgehead atoms. The molecule has 0 amide bonds. The van der Waals surface area contributed by atoms with Gasteiger partial charge < -0.3 is 0 Å². The molecule has 0 saturated heterocycles. The standard InChI is InChI=1S/C19H17N/c1-13-6-8-15(9-7-13)19-17-5-3-2-4-16(17)12-18(20-19)14-10-11-14/h2-9,12,14H,10-11H2,1H3. The zero-order valence-corrected chi connectivity index (χ0v) is 11.6. The minimum Gasteiger partial charge on any atom is -0.252 e. The molecule has 1 nitrogen and oxygen atoms in total. The predicted octanol–water partition coefficient (Wildman–Crippen LogP) is 5.09. The molecule has 0 N–H and O–H groups in total. The number of rotatable bonds is 2. The first-order valence-corrected chi connectivity index (χ1v) is 7.28. The summed E-state index contributed by atoms with van der Waals surface area (Å²) in [5, 5.41) is 2.56. The van der Waals surface area contributed by atoms with Crippen molar-refractivity contribution in [3.05, 3.63) is 65.9 Å². The van der Waals surface area contributed by atoms with Crippen molar-refractivity contribution in [1.29, 1.82) is 0 Å². The summed E-state index contributed by atoms with van der Waals surface area (Å²) in [5.74, 6) is 0.684. The molecule has 1 fully saturated rings. The highest BCUT2D eigenvalue weighted by Crippen LogP contribution is 2.41. The molecule has 0 aliphatic heterocycles. The van der Waals surface area contributed by atoms with Crippen molar-refractivity contribution in [3.8, 4) is 11.3 Å². The Morgan fingerprint density at radius 3 is 2.45 bits per heavy atom. The van der Waals surface area contributed by atoms with E-state index in [4.69, 9.17) is 4.98 Å². The van der Waals surface area contributed by atoms with Gasteiger partial charge in [-0.15, -0.1) is 0 Å². The van der Waals surface area contributed by atoms with Gasteiger partial charge in [0.05, 0.1) is 5.69 Å². The highest BCUT2D eigenvalue weighted by Gasteiger charge is 2.26. The van der Waals surface area contributed by atoms with Crippen LogP contribution in [0.4, 0.5) is 0 Å². The molecular formula is C19H17N. The van der Waals surface area contributed by atoms with Gasteiger partial charge in [0, 0.05) is 22.6 Å². The summed E-state index contributed by atoms with van der Waals surface area (Å²) in [5.41, 5.74) is 4.90. The summed E-state index contributed by atoms with van der Waals surface area (Å²) >= 11 is 0. The van der Waals surface area contributed by atoms with Gasteiger partial charge >= 0.3 is 0 Å². The van der Waals surface area contributed by atoms with Crippen LogP contribution in [-0.2, 0) is 0 Å². The molecule has 0 spiro atoms. The monoisotopic (exact) mass is 259 g/mol. The van der Waals surface area contributed by atoms with Crippen LogP contribution in [0.5, 0.6) is 0 Å². The van der Waals surface area contributed by atoms with E-state index < -0.39 is 0 Å². The van der Waals surface area contributed by atoms with Gasteiger partial charge in [-0.1, -0.05) is 54.1 Å². The van der Waals surface area contributed by atoms with Crippen LogP contribution in [0, 0.1) is 6.92 Å². The molecule has 20 heavy (non-hydrogen) atoms. The normalized spacial score (nSPS) is 14.7. The lowest BCUT2D eigenvalue weighted by Gasteiger charge is -2.09. The van der Waals surface area contributed by atoms with Crippen LogP contribution in [0.3, 0.4) is 0 Å². The van der Waals surface area contributed by atoms with Crippen LogP contribution in [0.2, 0.25) is 0 Å². The smallest absolute Gasteiger partial charge is 0.0783 e. The van der Waals surface area contributed by atoms with E-state index >= 15 is 0 Å². The molecule has 1 aliphatic carbocycles. The molecule has 4 rings (SSSR count). The Labute approximate surface area is 119 Å². The fourth-order valence-electron chi connectivity index (χ4n) is 2.74. The van der Waals surface area contributed by atoms with Crippen molar-refractivity contribution in [2.24, 2.45) is 0 Å². The molecule has 1 heteroatoms. The quantitative estimate of drug-likeness (QED) is 0.625. The minimum atomic E-state index is 0.684. The van der Waals surface area contributed by atoms with Gasteiger partial charge in [0.2, 0.25) is 0 Å². The van der Waals surface area contributed by atoms with E-state index in [1.807, 2.05) is 0 Å². The Hall–Kier alpha value is -2.15. The first-order valence-electron chi connectivity index (χ1n) is 7.28. The number of aromatic nitrogens is 1. The molecule has 0 radical (unpaired) electrons. The lowest BCUT2D eigenvalue weighted by molar-refractivity contribution is 1.04. The minimum absolute atomic E-state index is 0.684. The van der Waals surface area contributed by atoms with E-state index in [9.17, 15) is 0 Å². The second-order valence-electron chi connectivity index (χ2n) is 5.76. The maximum atomic E-state index is 4.96. The van der Waals surface area contributed by atoms with Crippen LogP contribution in [0.1, 0.15) is 30.0 Å². The molecule has 0 unspecified atom stereocenters. The molecule has 1 aliphatic rings. The zero-order chi connectivity index (χ0) is 13.5. The summed E-state index contributed by atoms with van der Waals surface area (Å²) in [6, 6.07) is 19.5. The van der Waals surface area contributed by atoms with E-state index in [1.165, 1.54) is 40.4 Å². The Balaban J connectivity index is 1.98. The Morgan fingerprint density at radius 1 is 0.950 bits per heavy atom. The second-order valence-corrected chi connectivity index (χ2v) is 5.76. The van der Waals surface area contributed by atoms with Crippen LogP contribution in [0.15, 0.2) is 54.6 Å². The lowest BCUT2D eigenvalue weighted by atomic mass is 10.0. The van der Waals surface area contributed by atoms with E-state index in [0.29, 0.717) is 5.92 Å². The third-order valence-electron chi connectivity index (χ3n) is 4.08. The lowest BCUT2D eigenvalue weighted by Crippen LogP contribution is -1.92. The summed E-state index contributed by atoms with van der Waals surface area (Å²) in [7, 11) is 0. The van der Waals surface area contributed by atoms with Gasteiger partial charge in [-0.3, -0.25) is 4.98 Å². The van der Waals surface area contributed by atoms with E-state index in [2.05, 4.69) is 61.5 Å². The second kappa shape index (κ2) is 4.45. The van der Waals surface area contributed by atoms with Crippen molar-refractivity contribution in [3.63, 3.8) is 0 Å².